The number of methoxy groups -OCH3 is 2. The van der Waals surface area contributed by atoms with E-state index in [9.17, 15) is 0 Å². The Bertz CT molecular complexity index is 553. The molecule has 0 radical (unpaired) electrons. The van der Waals surface area contributed by atoms with E-state index < -0.39 is 0 Å². The maximum Gasteiger partial charge on any atom is 0.229 e. The number of pyridine rings is 1. The molecule has 0 saturated heterocycles. The SMILES string of the molecule is CCc1cccnc1CNc1nc(OC)cc(OC)n1. The molecule has 106 valence electrons. The van der Waals surface area contributed by atoms with Gasteiger partial charge in [0.2, 0.25) is 17.7 Å². The van der Waals surface area contributed by atoms with Crippen LogP contribution in [0.1, 0.15) is 18.2 Å². The van der Waals surface area contributed by atoms with Crippen LogP contribution in [0.4, 0.5) is 5.95 Å². The molecule has 0 saturated carbocycles. The lowest BCUT2D eigenvalue weighted by molar-refractivity contribution is 0.373. The second kappa shape index (κ2) is 6.70. The van der Waals surface area contributed by atoms with Crippen LogP contribution in [0.15, 0.2) is 24.4 Å². The van der Waals surface area contributed by atoms with Crippen molar-refractivity contribution in [2.45, 2.75) is 19.9 Å². The van der Waals surface area contributed by atoms with Crippen LogP contribution >= 0.6 is 0 Å². The van der Waals surface area contributed by atoms with Crippen molar-refractivity contribution in [3.8, 4) is 11.8 Å². The first-order valence-electron chi connectivity index (χ1n) is 6.40. The highest BCUT2D eigenvalue weighted by Gasteiger charge is 2.06. The lowest BCUT2D eigenvalue weighted by Gasteiger charge is -2.10. The molecule has 0 aliphatic carbocycles. The Kier molecular flexibility index (Phi) is 4.70. The number of nitrogens with zero attached hydrogens (tertiary/aromatic N) is 3. The Morgan fingerprint density at radius 1 is 1.15 bits per heavy atom. The highest BCUT2D eigenvalue weighted by atomic mass is 16.5. The van der Waals surface area contributed by atoms with Crippen molar-refractivity contribution in [3.05, 3.63) is 35.7 Å². The summed E-state index contributed by atoms with van der Waals surface area (Å²) in [6.45, 7) is 2.66. The Morgan fingerprint density at radius 3 is 2.45 bits per heavy atom. The van der Waals surface area contributed by atoms with E-state index in [2.05, 4.69) is 33.3 Å². The average Bonchev–Trinajstić information content (AvgIpc) is 2.52. The topological polar surface area (TPSA) is 69.2 Å². The fourth-order valence-corrected chi connectivity index (χ4v) is 1.81. The highest BCUT2D eigenvalue weighted by molar-refractivity contribution is 5.35. The Morgan fingerprint density at radius 2 is 1.85 bits per heavy atom. The first kappa shape index (κ1) is 14.0. The molecular formula is C14H18N4O2. The number of hydrogen-bond donors (Lipinski definition) is 1. The van der Waals surface area contributed by atoms with Crippen molar-refractivity contribution in [2.75, 3.05) is 19.5 Å². The van der Waals surface area contributed by atoms with Crippen LogP contribution in [-0.4, -0.2) is 29.2 Å². The molecule has 6 nitrogen and oxygen atoms in total. The Labute approximate surface area is 118 Å². The van der Waals surface area contributed by atoms with Crippen molar-refractivity contribution in [3.63, 3.8) is 0 Å². The van der Waals surface area contributed by atoms with Gasteiger partial charge in [0.05, 0.1) is 32.5 Å². The average molecular weight is 274 g/mol. The van der Waals surface area contributed by atoms with Crippen molar-refractivity contribution < 1.29 is 9.47 Å². The van der Waals surface area contributed by atoms with Gasteiger partial charge in [-0.2, -0.15) is 9.97 Å². The zero-order valence-electron chi connectivity index (χ0n) is 11.9. The standard InChI is InChI=1S/C14H18N4O2/c1-4-10-6-5-7-15-11(10)9-16-14-17-12(19-2)8-13(18-14)20-3/h5-8H,4,9H2,1-3H3,(H,16,17,18). The predicted octanol–water partition coefficient (Wildman–Crippen LogP) is 2.06. The molecule has 20 heavy (non-hydrogen) atoms. The molecule has 0 amide bonds. The van der Waals surface area contributed by atoms with E-state index >= 15 is 0 Å². The molecule has 0 fully saturated rings. The zero-order chi connectivity index (χ0) is 14.4. The van der Waals surface area contributed by atoms with Gasteiger partial charge < -0.3 is 14.8 Å². The maximum atomic E-state index is 5.11. The van der Waals surface area contributed by atoms with Crippen molar-refractivity contribution in [2.24, 2.45) is 0 Å². The summed E-state index contributed by atoms with van der Waals surface area (Å²) < 4.78 is 10.2. The van der Waals surface area contributed by atoms with Crippen LogP contribution in [0.25, 0.3) is 0 Å². The minimum absolute atomic E-state index is 0.453. The fraction of sp³-hybridized carbons (Fsp3) is 0.357. The van der Waals surface area contributed by atoms with E-state index in [0.717, 1.165) is 12.1 Å². The summed E-state index contributed by atoms with van der Waals surface area (Å²) in [5, 5.41) is 3.14. The molecule has 2 rings (SSSR count). The molecule has 6 heteroatoms. The molecule has 0 aliphatic rings. The third kappa shape index (κ3) is 3.34. The summed E-state index contributed by atoms with van der Waals surface area (Å²) in [5.74, 6) is 1.36. The van der Waals surface area contributed by atoms with Gasteiger partial charge >= 0.3 is 0 Å². The molecule has 0 bridgehead atoms. The zero-order valence-corrected chi connectivity index (χ0v) is 11.9. The molecule has 0 aromatic carbocycles. The summed E-state index contributed by atoms with van der Waals surface area (Å²) in [7, 11) is 3.11. The minimum atomic E-state index is 0.453. The number of aryl methyl sites for hydroxylation is 1. The van der Waals surface area contributed by atoms with Crippen molar-refractivity contribution >= 4 is 5.95 Å². The van der Waals surface area contributed by atoms with Crippen LogP contribution in [-0.2, 0) is 13.0 Å². The third-order valence-corrected chi connectivity index (χ3v) is 2.88. The van der Waals surface area contributed by atoms with Crippen LogP contribution < -0.4 is 14.8 Å². The predicted molar refractivity (Wildman–Crippen MR) is 76.1 cm³/mol. The summed E-state index contributed by atoms with van der Waals surface area (Å²) >= 11 is 0. The summed E-state index contributed by atoms with van der Waals surface area (Å²) in [6, 6.07) is 5.63. The molecule has 2 aromatic heterocycles. The van der Waals surface area contributed by atoms with Crippen molar-refractivity contribution in [1.29, 1.82) is 0 Å². The molecule has 0 unspecified atom stereocenters. The van der Waals surface area contributed by atoms with Gasteiger partial charge in [-0.25, -0.2) is 0 Å². The van der Waals surface area contributed by atoms with Crippen LogP contribution in [0, 0.1) is 0 Å². The highest BCUT2D eigenvalue weighted by Crippen LogP contribution is 2.18. The maximum absolute atomic E-state index is 5.11. The Hall–Kier alpha value is -2.37. The van der Waals surface area contributed by atoms with E-state index in [1.54, 1.807) is 26.5 Å². The molecule has 0 atom stereocenters. The van der Waals surface area contributed by atoms with E-state index in [0.29, 0.717) is 24.3 Å². The summed E-state index contributed by atoms with van der Waals surface area (Å²) in [4.78, 5) is 12.8. The smallest absolute Gasteiger partial charge is 0.229 e. The van der Waals surface area contributed by atoms with Crippen LogP contribution in [0.2, 0.25) is 0 Å². The van der Waals surface area contributed by atoms with Crippen LogP contribution in [0.3, 0.4) is 0 Å². The van der Waals surface area contributed by atoms with E-state index in [-0.39, 0.29) is 0 Å². The summed E-state index contributed by atoms with van der Waals surface area (Å²) in [5.41, 5.74) is 2.19. The third-order valence-electron chi connectivity index (χ3n) is 2.88. The second-order valence-electron chi connectivity index (χ2n) is 4.09. The molecular weight excluding hydrogens is 256 g/mol. The molecule has 0 aliphatic heterocycles. The van der Waals surface area contributed by atoms with Gasteiger partial charge in [-0.05, 0) is 18.1 Å². The first-order valence-corrected chi connectivity index (χ1v) is 6.40. The van der Waals surface area contributed by atoms with Gasteiger partial charge in [-0.3, -0.25) is 4.98 Å². The van der Waals surface area contributed by atoms with Gasteiger partial charge in [-0.1, -0.05) is 13.0 Å². The number of rotatable bonds is 6. The second-order valence-corrected chi connectivity index (χ2v) is 4.09. The number of aromatic nitrogens is 3. The van der Waals surface area contributed by atoms with E-state index in [1.807, 2.05) is 6.07 Å². The van der Waals surface area contributed by atoms with Gasteiger partial charge in [0.25, 0.3) is 0 Å². The summed E-state index contributed by atoms with van der Waals surface area (Å²) in [6.07, 6.45) is 2.72. The minimum Gasteiger partial charge on any atom is -0.481 e. The lowest BCUT2D eigenvalue weighted by Crippen LogP contribution is -2.08. The first-order chi connectivity index (χ1) is 9.76. The quantitative estimate of drug-likeness (QED) is 0.869. The number of nitrogens with one attached hydrogen (secondary N) is 1. The molecule has 2 heterocycles. The normalized spacial score (nSPS) is 10.2. The van der Waals surface area contributed by atoms with Gasteiger partial charge in [0, 0.05) is 6.20 Å². The Balaban J connectivity index is 2.14. The molecule has 0 spiro atoms. The largest absolute Gasteiger partial charge is 0.481 e. The number of ether oxygens (including phenoxy) is 2. The number of hydrogen-bond acceptors (Lipinski definition) is 6. The van der Waals surface area contributed by atoms with Crippen LogP contribution in [0.5, 0.6) is 11.8 Å². The van der Waals surface area contributed by atoms with E-state index in [4.69, 9.17) is 9.47 Å². The molecule has 1 N–H and O–H groups in total. The van der Waals surface area contributed by atoms with Gasteiger partial charge in [-0.15, -0.1) is 0 Å². The van der Waals surface area contributed by atoms with E-state index in [1.165, 1.54) is 5.56 Å². The molecule has 2 aromatic rings. The van der Waals surface area contributed by atoms with Gasteiger partial charge in [0.1, 0.15) is 0 Å². The monoisotopic (exact) mass is 274 g/mol. The lowest BCUT2D eigenvalue weighted by atomic mass is 10.1. The number of anilines is 1. The fourth-order valence-electron chi connectivity index (χ4n) is 1.81. The van der Waals surface area contributed by atoms with Gasteiger partial charge in [0.15, 0.2) is 0 Å². The van der Waals surface area contributed by atoms with Crippen molar-refractivity contribution in [1.82, 2.24) is 15.0 Å².